The molecule has 5 nitrogen and oxygen atoms in total. The number of aliphatic hydroxyl groups excluding tert-OH is 1. The van der Waals surface area contributed by atoms with Gasteiger partial charge in [-0.05, 0) is 40.5 Å². The summed E-state index contributed by atoms with van der Waals surface area (Å²) in [6.07, 6.45) is 1.48. The Bertz CT molecular complexity index is 562. The van der Waals surface area contributed by atoms with E-state index in [-0.39, 0.29) is 6.61 Å². The van der Waals surface area contributed by atoms with Gasteiger partial charge in [-0.1, -0.05) is 6.07 Å². The van der Waals surface area contributed by atoms with Crippen LogP contribution in [0.4, 0.5) is 17.3 Å². The van der Waals surface area contributed by atoms with Gasteiger partial charge in [0.25, 0.3) is 0 Å². The van der Waals surface area contributed by atoms with E-state index in [1.807, 2.05) is 25.1 Å². The van der Waals surface area contributed by atoms with Gasteiger partial charge in [0.1, 0.15) is 18.0 Å². The van der Waals surface area contributed by atoms with Crippen LogP contribution in [0, 0.1) is 6.92 Å². The van der Waals surface area contributed by atoms with E-state index in [0.717, 1.165) is 10.2 Å². The van der Waals surface area contributed by atoms with Gasteiger partial charge in [0.05, 0.1) is 12.3 Å². The number of anilines is 3. The van der Waals surface area contributed by atoms with Crippen LogP contribution in [-0.2, 0) is 0 Å². The minimum Gasteiger partial charge on any atom is -0.395 e. The number of aryl methyl sites for hydroxylation is 1. The van der Waals surface area contributed by atoms with Gasteiger partial charge >= 0.3 is 0 Å². The van der Waals surface area contributed by atoms with E-state index in [2.05, 4.69) is 36.5 Å². The molecule has 0 radical (unpaired) electrons. The van der Waals surface area contributed by atoms with Crippen molar-refractivity contribution in [3.8, 4) is 0 Å². The largest absolute Gasteiger partial charge is 0.395 e. The number of rotatable bonds is 5. The van der Waals surface area contributed by atoms with Crippen LogP contribution < -0.4 is 10.6 Å². The molecule has 6 heteroatoms. The van der Waals surface area contributed by atoms with Crippen LogP contribution in [0.2, 0.25) is 0 Å². The summed E-state index contributed by atoms with van der Waals surface area (Å²) >= 11 is 3.51. The smallest absolute Gasteiger partial charge is 0.135 e. The highest BCUT2D eigenvalue weighted by Crippen LogP contribution is 2.26. The second-order valence-electron chi connectivity index (χ2n) is 4.05. The highest BCUT2D eigenvalue weighted by molar-refractivity contribution is 9.10. The van der Waals surface area contributed by atoms with Crippen LogP contribution in [0.25, 0.3) is 0 Å². The van der Waals surface area contributed by atoms with E-state index in [0.29, 0.717) is 18.2 Å². The number of benzene rings is 1. The van der Waals surface area contributed by atoms with Crippen molar-refractivity contribution in [3.05, 3.63) is 40.6 Å². The van der Waals surface area contributed by atoms with Crippen LogP contribution in [0.1, 0.15) is 5.56 Å². The predicted octanol–water partition coefficient (Wildman–Crippen LogP) is 2.70. The number of aromatic nitrogens is 2. The Morgan fingerprint density at radius 1 is 1.21 bits per heavy atom. The van der Waals surface area contributed by atoms with Gasteiger partial charge in [-0.25, -0.2) is 9.97 Å². The summed E-state index contributed by atoms with van der Waals surface area (Å²) < 4.78 is 0.982. The Kier molecular flexibility index (Phi) is 4.70. The Morgan fingerprint density at radius 3 is 2.74 bits per heavy atom. The summed E-state index contributed by atoms with van der Waals surface area (Å²) in [5.41, 5.74) is 2.13. The van der Waals surface area contributed by atoms with Gasteiger partial charge in [-0.2, -0.15) is 0 Å². The summed E-state index contributed by atoms with van der Waals surface area (Å²) in [5, 5.41) is 15.0. The molecule has 0 bridgehead atoms. The number of nitrogens with zero attached hydrogens (tertiary/aromatic N) is 2. The Balaban J connectivity index is 2.14. The maximum atomic E-state index is 8.77. The lowest BCUT2D eigenvalue weighted by Gasteiger charge is -2.10. The molecular formula is C13H15BrN4O. The van der Waals surface area contributed by atoms with Crippen molar-refractivity contribution in [3.63, 3.8) is 0 Å². The molecule has 1 aromatic carbocycles. The first-order chi connectivity index (χ1) is 9.19. The number of hydrogen-bond donors (Lipinski definition) is 3. The van der Waals surface area contributed by atoms with Crippen molar-refractivity contribution in [1.82, 2.24) is 9.97 Å². The first kappa shape index (κ1) is 13.8. The maximum Gasteiger partial charge on any atom is 0.135 e. The molecule has 0 saturated carbocycles. The molecular weight excluding hydrogens is 308 g/mol. The minimum atomic E-state index is 0.0657. The third-order valence-corrected chi connectivity index (χ3v) is 3.13. The molecule has 0 fully saturated rings. The molecule has 0 atom stereocenters. The van der Waals surface area contributed by atoms with E-state index >= 15 is 0 Å². The van der Waals surface area contributed by atoms with Crippen molar-refractivity contribution in [1.29, 1.82) is 0 Å². The molecule has 0 unspecified atom stereocenters. The van der Waals surface area contributed by atoms with E-state index in [9.17, 15) is 0 Å². The van der Waals surface area contributed by atoms with E-state index in [1.165, 1.54) is 11.9 Å². The number of hydrogen-bond acceptors (Lipinski definition) is 5. The molecule has 0 aliphatic carbocycles. The molecule has 100 valence electrons. The van der Waals surface area contributed by atoms with Gasteiger partial charge in [0, 0.05) is 17.1 Å². The molecule has 2 aromatic rings. The van der Waals surface area contributed by atoms with Crippen LogP contribution in [0.3, 0.4) is 0 Å². The number of nitrogens with one attached hydrogen (secondary N) is 2. The van der Waals surface area contributed by atoms with E-state index < -0.39 is 0 Å². The quantitative estimate of drug-likeness (QED) is 0.789. The highest BCUT2D eigenvalue weighted by atomic mass is 79.9. The summed E-state index contributed by atoms with van der Waals surface area (Å²) in [6.45, 7) is 2.57. The van der Waals surface area contributed by atoms with E-state index in [1.54, 1.807) is 6.07 Å². The SMILES string of the molecule is Cc1ccc(Nc2cc(NCCO)ncn2)c(Br)c1. The molecule has 19 heavy (non-hydrogen) atoms. The first-order valence-electron chi connectivity index (χ1n) is 5.89. The molecule has 0 aliphatic heterocycles. The van der Waals surface area contributed by atoms with Crippen molar-refractivity contribution >= 4 is 33.3 Å². The zero-order valence-corrected chi connectivity index (χ0v) is 12.1. The number of halogens is 1. The molecule has 0 saturated heterocycles. The van der Waals surface area contributed by atoms with Gasteiger partial charge in [-0.3, -0.25) is 0 Å². The summed E-state index contributed by atoms with van der Waals surface area (Å²) in [7, 11) is 0. The average Bonchev–Trinajstić information content (AvgIpc) is 2.40. The first-order valence-corrected chi connectivity index (χ1v) is 6.68. The maximum absolute atomic E-state index is 8.77. The topological polar surface area (TPSA) is 70.1 Å². The second-order valence-corrected chi connectivity index (χ2v) is 4.90. The van der Waals surface area contributed by atoms with Gasteiger partial charge in [-0.15, -0.1) is 0 Å². The zero-order chi connectivity index (χ0) is 13.7. The molecule has 3 N–H and O–H groups in total. The average molecular weight is 323 g/mol. The lowest BCUT2D eigenvalue weighted by Crippen LogP contribution is -2.07. The van der Waals surface area contributed by atoms with Crippen molar-refractivity contribution in [2.75, 3.05) is 23.8 Å². The van der Waals surface area contributed by atoms with Crippen LogP contribution in [0.5, 0.6) is 0 Å². The highest BCUT2D eigenvalue weighted by Gasteiger charge is 2.03. The van der Waals surface area contributed by atoms with Crippen LogP contribution in [0.15, 0.2) is 35.1 Å². The predicted molar refractivity (Wildman–Crippen MR) is 79.8 cm³/mol. The van der Waals surface area contributed by atoms with Gasteiger partial charge in [0.15, 0.2) is 0 Å². The molecule has 0 aliphatic rings. The Hall–Kier alpha value is -1.66. The molecule has 2 rings (SSSR count). The lowest BCUT2D eigenvalue weighted by atomic mass is 10.2. The fraction of sp³-hybridized carbons (Fsp3) is 0.231. The van der Waals surface area contributed by atoms with Gasteiger partial charge in [0.2, 0.25) is 0 Å². The second kappa shape index (κ2) is 6.49. The number of aliphatic hydroxyl groups is 1. The normalized spacial score (nSPS) is 10.3. The van der Waals surface area contributed by atoms with Crippen molar-refractivity contribution < 1.29 is 5.11 Å². The minimum absolute atomic E-state index is 0.0657. The molecule has 1 heterocycles. The monoisotopic (exact) mass is 322 g/mol. The van der Waals surface area contributed by atoms with Crippen molar-refractivity contribution in [2.24, 2.45) is 0 Å². The van der Waals surface area contributed by atoms with Crippen LogP contribution >= 0.6 is 15.9 Å². The fourth-order valence-electron chi connectivity index (χ4n) is 1.57. The zero-order valence-electron chi connectivity index (χ0n) is 10.5. The lowest BCUT2D eigenvalue weighted by molar-refractivity contribution is 0.311. The molecule has 0 amide bonds. The fourth-order valence-corrected chi connectivity index (χ4v) is 2.16. The standard InChI is InChI=1S/C13H15BrN4O/c1-9-2-3-11(10(14)6-9)18-13-7-12(15-4-5-19)16-8-17-13/h2-3,6-8,19H,4-5H2,1H3,(H2,15,16,17,18). The van der Waals surface area contributed by atoms with Gasteiger partial charge < -0.3 is 15.7 Å². The molecule has 0 spiro atoms. The third kappa shape index (κ3) is 3.90. The van der Waals surface area contributed by atoms with Crippen LogP contribution in [-0.4, -0.2) is 28.2 Å². The summed E-state index contributed by atoms with van der Waals surface area (Å²) in [5.74, 6) is 1.37. The molecule has 1 aromatic heterocycles. The Morgan fingerprint density at radius 2 is 2.00 bits per heavy atom. The summed E-state index contributed by atoms with van der Waals surface area (Å²) in [4.78, 5) is 8.23. The Labute approximate surface area is 120 Å². The van der Waals surface area contributed by atoms with E-state index in [4.69, 9.17) is 5.11 Å². The third-order valence-electron chi connectivity index (χ3n) is 2.47. The summed E-state index contributed by atoms with van der Waals surface area (Å²) in [6, 6.07) is 7.85. The van der Waals surface area contributed by atoms with Crippen molar-refractivity contribution in [2.45, 2.75) is 6.92 Å².